The van der Waals surface area contributed by atoms with E-state index in [2.05, 4.69) is 42.2 Å². The fourth-order valence-corrected chi connectivity index (χ4v) is 1.91. The van der Waals surface area contributed by atoms with E-state index in [1.807, 2.05) is 0 Å². The van der Waals surface area contributed by atoms with Crippen LogP contribution in [-0.4, -0.2) is 31.2 Å². The van der Waals surface area contributed by atoms with Crippen molar-refractivity contribution in [1.82, 2.24) is 4.90 Å². The molecule has 0 N–H and O–H groups in total. The average molecular weight is 191 g/mol. The van der Waals surface area contributed by atoms with E-state index in [1.54, 1.807) is 0 Å². The standard InChI is InChI=1S/C12H17NO/c1-11(12-5-3-2-4-6-12)13-7-9-14-10-8-13/h2-6,11H,7-10H2,1H3/t11-/m0/s1. The molecule has 1 fully saturated rings. The molecule has 0 unspecified atom stereocenters. The molecule has 1 aliphatic heterocycles. The van der Waals surface area contributed by atoms with E-state index in [0.717, 1.165) is 26.3 Å². The molecule has 0 amide bonds. The normalized spacial score (nSPS) is 20.6. The van der Waals surface area contributed by atoms with Crippen LogP contribution in [0.15, 0.2) is 30.3 Å². The molecule has 1 saturated heterocycles. The Kier molecular flexibility index (Phi) is 3.17. The maximum absolute atomic E-state index is 5.34. The zero-order valence-electron chi connectivity index (χ0n) is 8.65. The predicted molar refractivity (Wildman–Crippen MR) is 57.2 cm³/mol. The van der Waals surface area contributed by atoms with Crippen LogP contribution in [0.25, 0.3) is 0 Å². The van der Waals surface area contributed by atoms with Gasteiger partial charge in [-0.2, -0.15) is 0 Å². The molecule has 2 rings (SSSR count). The van der Waals surface area contributed by atoms with E-state index in [4.69, 9.17) is 4.74 Å². The van der Waals surface area contributed by atoms with E-state index in [1.165, 1.54) is 5.56 Å². The topological polar surface area (TPSA) is 12.5 Å². The lowest BCUT2D eigenvalue weighted by Gasteiger charge is -2.32. The Hall–Kier alpha value is -0.860. The van der Waals surface area contributed by atoms with Crippen molar-refractivity contribution in [2.24, 2.45) is 0 Å². The number of hydrogen-bond acceptors (Lipinski definition) is 2. The highest BCUT2D eigenvalue weighted by Crippen LogP contribution is 2.20. The van der Waals surface area contributed by atoms with Gasteiger partial charge in [-0.1, -0.05) is 30.3 Å². The first kappa shape index (κ1) is 9.69. The van der Waals surface area contributed by atoms with Crippen molar-refractivity contribution >= 4 is 0 Å². The highest BCUT2D eigenvalue weighted by molar-refractivity contribution is 5.18. The van der Waals surface area contributed by atoms with Crippen LogP contribution in [0.3, 0.4) is 0 Å². The Balaban J connectivity index is 2.03. The lowest BCUT2D eigenvalue weighted by molar-refractivity contribution is 0.0198. The average Bonchev–Trinajstić information content (AvgIpc) is 2.30. The summed E-state index contributed by atoms with van der Waals surface area (Å²) in [6.07, 6.45) is 0. The zero-order valence-corrected chi connectivity index (χ0v) is 8.65. The second kappa shape index (κ2) is 4.58. The van der Waals surface area contributed by atoms with E-state index in [0.29, 0.717) is 6.04 Å². The van der Waals surface area contributed by atoms with Crippen LogP contribution in [0.2, 0.25) is 0 Å². The molecule has 14 heavy (non-hydrogen) atoms. The molecule has 0 bridgehead atoms. The fourth-order valence-electron chi connectivity index (χ4n) is 1.91. The first-order valence-corrected chi connectivity index (χ1v) is 5.24. The molecular weight excluding hydrogens is 174 g/mol. The van der Waals surface area contributed by atoms with Gasteiger partial charge in [0.25, 0.3) is 0 Å². The summed E-state index contributed by atoms with van der Waals surface area (Å²) in [5, 5.41) is 0. The second-order valence-corrected chi connectivity index (χ2v) is 3.73. The zero-order chi connectivity index (χ0) is 9.80. The quantitative estimate of drug-likeness (QED) is 0.709. The Morgan fingerprint density at radius 2 is 1.79 bits per heavy atom. The molecule has 0 spiro atoms. The number of hydrogen-bond donors (Lipinski definition) is 0. The lowest BCUT2D eigenvalue weighted by atomic mass is 10.1. The van der Waals surface area contributed by atoms with Crippen molar-refractivity contribution in [1.29, 1.82) is 0 Å². The van der Waals surface area contributed by atoms with Gasteiger partial charge in [-0.05, 0) is 12.5 Å². The number of ether oxygens (including phenoxy) is 1. The van der Waals surface area contributed by atoms with Crippen LogP contribution in [0, 0.1) is 0 Å². The molecule has 0 aliphatic carbocycles. The summed E-state index contributed by atoms with van der Waals surface area (Å²) < 4.78 is 5.34. The van der Waals surface area contributed by atoms with Crippen LogP contribution in [0.1, 0.15) is 18.5 Å². The molecule has 1 aliphatic rings. The smallest absolute Gasteiger partial charge is 0.0594 e. The Morgan fingerprint density at radius 1 is 1.14 bits per heavy atom. The molecule has 1 heterocycles. The largest absolute Gasteiger partial charge is 0.379 e. The molecule has 1 aromatic rings. The Bertz CT molecular complexity index is 267. The number of morpholine rings is 1. The summed E-state index contributed by atoms with van der Waals surface area (Å²) >= 11 is 0. The summed E-state index contributed by atoms with van der Waals surface area (Å²) in [7, 11) is 0. The van der Waals surface area contributed by atoms with Crippen LogP contribution >= 0.6 is 0 Å². The van der Waals surface area contributed by atoms with Gasteiger partial charge >= 0.3 is 0 Å². The third kappa shape index (κ3) is 2.14. The molecule has 0 radical (unpaired) electrons. The van der Waals surface area contributed by atoms with Gasteiger partial charge in [0.15, 0.2) is 0 Å². The predicted octanol–water partition coefficient (Wildman–Crippen LogP) is 2.08. The van der Waals surface area contributed by atoms with Crippen molar-refractivity contribution < 1.29 is 4.74 Å². The van der Waals surface area contributed by atoms with Gasteiger partial charge in [0.2, 0.25) is 0 Å². The summed E-state index contributed by atoms with van der Waals surface area (Å²) in [6, 6.07) is 11.2. The van der Waals surface area contributed by atoms with Gasteiger partial charge in [0, 0.05) is 19.1 Å². The Labute approximate surface area is 85.5 Å². The Morgan fingerprint density at radius 3 is 2.43 bits per heavy atom. The lowest BCUT2D eigenvalue weighted by Crippen LogP contribution is -2.37. The van der Waals surface area contributed by atoms with Crippen molar-refractivity contribution in [2.45, 2.75) is 13.0 Å². The van der Waals surface area contributed by atoms with Crippen molar-refractivity contribution in [3.63, 3.8) is 0 Å². The summed E-state index contributed by atoms with van der Waals surface area (Å²) in [5.41, 5.74) is 1.40. The van der Waals surface area contributed by atoms with E-state index >= 15 is 0 Å². The highest BCUT2D eigenvalue weighted by Gasteiger charge is 2.17. The van der Waals surface area contributed by atoms with E-state index in [9.17, 15) is 0 Å². The minimum atomic E-state index is 0.514. The summed E-state index contributed by atoms with van der Waals surface area (Å²) in [4.78, 5) is 2.47. The molecule has 2 nitrogen and oxygen atoms in total. The van der Waals surface area contributed by atoms with Crippen LogP contribution < -0.4 is 0 Å². The minimum absolute atomic E-state index is 0.514. The highest BCUT2D eigenvalue weighted by atomic mass is 16.5. The number of nitrogens with zero attached hydrogens (tertiary/aromatic N) is 1. The molecule has 76 valence electrons. The number of benzene rings is 1. The first-order valence-electron chi connectivity index (χ1n) is 5.24. The first-order chi connectivity index (χ1) is 6.88. The van der Waals surface area contributed by atoms with Gasteiger partial charge in [0.1, 0.15) is 0 Å². The van der Waals surface area contributed by atoms with Crippen LogP contribution in [0.5, 0.6) is 0 Å². The number of rotatable bonds is 2. The van der Waals surface area contributed by atoms with E-state index in [-0.39, 0.29) is 0 Å². The molecule has 2 heteroatoms. The van der Waals surface area contributed by atoms with Gasteiger partial charge < -0.3 is 4.74 Å². The molecular formula is C12H17NO. The van der Waals surface area contributed by atoms with Crippen molar-refractivity contribution in [3.05, 3.63) is 35.9 Å². The summed E-state index contributed by atoms with van der Waals surface area (Å²) in [5.74, 6) is 0. The molecule has 0 saturated carbocycles. The van der Waals surface area contributed by atoms with Gasteiger partial charge in [-0.15, -0.1) is 0 Å². The fraction of sp³-hybridized carbons (Fsp3) is 0.500. The monoisotopic (exact) mass is 191 g/mol. The third-order valence-electron chi connectivity index (χ3n) is 2.88. The van der Waals surface area contributed by atoms with Gasteiger partial charge in [-0.25, -0.2) is 0 Å². The van der Waals surface area contributed by atoms with Crippen LogP contribution in [-0.2, 0) is 4.74 Å². The van der Waals surface area contributed by atoms with Crippen LogP contribution in [0.4, 0.5) is 0 Å². The van der Waals surface area contributed by atoms with Gasteiger partial charge in [0.05, 0.1) is 13.2 Å². The summed E-state index contributed by atoms with van der Waals surface area (Å²) in [6.45, 7) is 6.11. The van der Waals surface area contributed by atoms with Crippen molar-refractivity contribution in [2.75, 3.05) is 26.3 Å². The SMILES string of the molecule is C[C@@H](c1ccccc1)N1CCOCC1. The third-order valence-corrected chi connectivity index (χ3v) is 2.88. The maximum Gasteiger partial charge on any atom is 0.0594 e. The molecule has 1 aromatic carbocycles. The molecule has 1 atom stereocenters. The minimum Gasteiger partial charge on any atom is -0.379 e. The maximum atomic E-state index is 5.34. The van der Waals surface area contributed by atoms with E-state index < -0.39 is 0 Å². The second-order valence-electron chi connectivity index (χ2n) is 3.73. The molecule has 0 aromatic heterocycles. The van der Waals surface area contributed by atoms with Gasteiger partial charge in [-0.3, -0.25) is 4.90 Å². The van der Waals surface area contributed by atoms with Crippen molar-refractivity contribution in [3.8, 4) is 0 Å².